The summed E-state index contributed by atoms with van der Waals surface area (Å²) in [7, 11) is 2.10. The number of carbonyl (C=O) groups is 1. The zero-order valence-corrected chi connectivity index (χ0v) is 15.2. The maximum atomic E-state index is 12.8. The van der Waals surface area contributed by atoms with Crippen LogP contribution in [0.25, 0.3) is 0 Å². The van der Waals surface area contributed by atoms with Crippen molar-refractivity contribution in [3.05, 3.63) is 24.0 Å². The highest BCUT2D eigenvalue weighted by molar-refractivity contribution is 5.79. The summed E-state index contributed by atoms with van der Waals surface area (Å²) >= 11 is 0. The zero-order valence-electron chi connectivity index (χ0n) is 15.2. The van der Waals surface area contributed by atoms with Gasteiger partial charge in [0.05, 0.1) is 11.8 Å². The second kappa shape index (κ2) is 8.15. The highest BCUT2D eigenvalue weighted by Crippen LogP contribution is 2.24. The van der Waals surface area contributed by atoms with Gasteiger partial charge in [-0.15, -0.1) is 0 Å². The molecule has 3 heterocycles. The molecule has 2 saturated heterocycles. The van der Waals surface area contributed by atoms with Gasteiger partial charge in [-0.1, -0.05) is 0 Å². The molecule has 0 saturated carbocycles. The first kappa shape index (κ1) is 18.1. The maximum absolute atomic E-state index is 12.8. The minimum Gasteiger partial charge on any atom is -0.486 e. The van der Waals surface area contributed by atoms with Gasteiger partial charge in [0.1, 0.15) is 11.9 Å². The molecule has 1 amide bonds. The summed E-state index contributed by atoms with van der Waals surface area (Å²) in [5.41, 5.74) is 0.818. The number of likely N-dealkylation sites (tertiary alicyclic amines) is 2. The molecule has 0 spiro atoms. The van der Waals surface area contributed by atoms with Crippen LogP contribution in [-0.2, 0) is 4.79 Å². The predicted octanol–water partition coefficient (Wildman–Crippen LogP) is 1.46. The van der Waals surface area contributed by atoms with Gasteiger partial charge in [0.25, 0.3) is 0 Å². The van der Waals surface area contributed by atoms with E-state index in [0.717, 1.165) is 31.6 Å². The first-order chi connectivity index (χ1) is 12.0. The smallest absolute Gasteiger partial charge is 0.225 e. The number of aryl methyl sites for hydroxylation is 1. The van der Waals surface area contributed by atoms with E-state index in [4.69, 9.17) is 4.74 Å². The molecule has 1 aromatic rings. The van der Waals surface area contributed by atoms with Crippen LogP contribution in [0.2, 0.25) is 0 Å². The Morgan fingerprint density at radius 2 is 1.92 bits per heavy atom. The fourth-order valence-electron chi connectivity index (χ4n) is 3.69. The molecule has 0 aliphatic carbocycles. The number of aliphatic hydroxyl groups is 1. The van der Waals surface area contributed by atoms with Gasteiger partial charge in [0.2, 0.25) is 5.91 Å². The summed E-state index contributed by atoms with van der Waals surface area (Å²) in [6.45, 7) is 5.12. The lowest BCUT2D eigenvalue weighted by Crippen LogP contribution is -2.42. The van der Waals surface area contributed by atoms with Crippen molar-refractivity contribution in [1.82, 2.24) is 14.8 Å². The van der Waals surface area contributed by atoms with Crippen molar-refractivity contribution < 1.29 is 14.6 Å². The van der Waals surface area contributed by atoms with E-state index in [1.807, 2.05) is 24.0 Å². The Balaban J connectivity index is 1.59. The van der Waals surface area contributed by atoms with E-state index in [-0.39, 0.29) is 17.9 Å². The van der Waals surface area contributed by atoms with Gasteiger partial charge in [0, 0.05) is 31.6 Å². The summed E-state index contributed by atoms with van der Waals surface area (Å²) in [4.78, 5) is 21.2. The predicted molar refractivity (Wildman–Crippen MR) is 95.4 cm³/mol. The molecular formula is C19H29N3O3. The fourth-order valence-corrected chi connectivity index (χ4v) is 3.69. The number of carbonyl (C=O) groups excluding carboxylic acids is 1. The average molecular weight is 347 g/mol. The molecule has 0 bridgehead atoms. The first-order valence-electron chi connectivity index (χ1n) is 9.28. The van der Waals surface area contributed by atoms with Crippen molar-refractivity contribution in [2.45, 2.75) is 44.8 Å². The van der Waals surface area contributed by atoms with Crippen molar-refractivity contribution in [1.29, 1.82) is 0 Å². The molecule has 3 rings (SSSR count). The number of piperidine rings is 1. The lowest BCUT2D eigenvalue weighted by molar-refractivity contribution is -0.137. The van der Waals surface area contributed by atoms with E-state index in [9.17, 15) is 9.90 Å². The third kappa shape index (κ3) is 4.50. The van der Waals surface area contributed by atoms with E-state index in [1.165, 1.54) is 0 Å². The van der Waals surface area contributed by atoms with Gasteiger partial charge in [-0.2, -0.15) is 0 Å². The standard InChI is InChI=1S/C19H29N3O3/c1-14-17(4-3-9-20-14)25-18-8-13-22(12-7-16(18)23)19(24)15-5-10-21(2)11-6-15/h3-4,9,15-16,18,23H,5-8,10-13H2,1-2H3/t16-,18-/m0/s1. The van der Waals surface area contributed by atoms with E-state index in [1.54, 1.807) is 6.20 Å². The molecule has 138 valence electrons. The maximum Gasteiger partial charge on any atom is 0.225 e. The van der Waals surface area contributed by atoms with Crippen LogP contribution in [0.3, 0.4) is 0 Å². The number of ether oxygens (including phenoxy) is 1. The van der Waals surface area contributed by atoms with Crippen LogP contribution >= 0.6 is 0 Å². The second-order valence-electron chi connectivity index (χ2n) is 7.29. The Kier molecular flexibility index (Phi) is 5.91. The van der Waals surface area contributed by atoms with Gasteiger partial charge < -0.3 is 19.6 Å². The van der Waals surface area contributed by atoms with E-state index < -0.39 is 6.10 Å². The first-order valence-corrected chi connectivity index (χ1v) is 9.28. The van der Waals surface area contributed by atoms with Crippen LogP contribution in [0, 0.1) is 12.8 Å². The highest BCUT2D eigenvalue weighted by Gasteiger charge is 2.32. The lowest BCUT2D eigenvalue weighted by Gasteiger charge is -2.32. The topological polar surface area (TPSA) is 65.9 Å². The average Bonchev–Trinajstić information content (AvgIpc) is 2.79. The van der Waals surface area contributed by atoms with E-state index in [0.29, 0.717) is 31.7 Å². The van der Waals surface area contributed by atoms with Crippen LogP contribution in [0.5, 0.6) is 5.75 Å². The molecule has 0 unspecified atom stereocenters. The third-order valence-corrected chi connectivity index (χ3v) is 5.42. The number of aromatic nitrogens is 1. The monoisotopic (exact) mass is 347 g/mol. The number of nitrogens with zero attached hydrogens (tertiary/aromatic N) is 3. The summed E-state index contributed by atoms with van der Waals surface area (Å²) in [5, 5.41) is 10.5. The quantitative estimate of drug-likeness (QED) is 0.897. The molecule has 0 aromatic carbocycles. The molecule has 0 radical (unpaired) electrons. The van der Waals surface area contributed by atoms with Crippen LogP contribution in [-0.4, -0.2) is 71.2 Å². The molecule has 2 aliphatic heterocycles. The van der Waals surface area contributed by atoms with Gasteiger partial charge in [-0.05, 0) is 58.5 Å². The summed E-state index contributed by atoms with van der Waals surface area (Å²) in [6, 6.07) is 3.71. The zero-order chi connectivity index (χ0) is 17.8. The van der Waals surface area contributed by atoms with Gasteiger partial charge in [-0.25, -0.2) is 0 Å². The van der Waals surface area contributed by atoms with Crippen molar-refractivity contribution in [3.8, 4) is 5.75 Å². The molecule has 2 fully saturated rings. The van der Waals surface area contributed by atoms with Crippen molar-refractivity contribution in [3.63, 3.8) is 0 Å². The summed E-state index contributed by atoms with van der Waals surface area (Å²) < 4.78 is 6.01. The van der Waals surface area contributed by atoms with E-state index >= 15 is 0 Å². The van der Waals surface area contributed by atoms with Gasteiger partial charge in [-0.3, -0.25) is 9.78 Å². The van der Waals surface area contributed by atoms with Gasteiger partial charge in [0.15, 0.2) is 0 Å². The van der Waals surface area contributed by atoms with E-state index in [2.05, 4.69) is 16.9 Å². The van der Waals surface area contributed by atoms with Crippen LogP contribution in [0.4, 0.5) is 0 Å². The fraction of sp³-hybridized carbons (Fsp3) is 0.684. The minimum absolute atomic E-state index is 0.131. The Morgan fingerprint density at radius 3 is 2.64 bits per heavy atom. The normalized spacial score (nSPS) is 26.3. The molecular weight excluding hydrogens is 318 g/mol. The molecule has 2 atom stereocenters. The van der Waals surface area contributed by atoms with Crippen LogP contribution < -0.4 is 4.74 Å². The van der Waals surface area contributed by atoms with Crippen molar-refractivity contribution in [2.75, 3.05) is 33.2 Å². The largest absolute Gasteiger partial charge is 0.486 e. The summed E-state index contributed by atoms with van der Waals surface area (Å²) in [5.74, 6) is 1.09. The summed E-state index contributed by atoms with van der Waals surface area (Å²) in [6.07, 6.45) is 3.95. The number of pyridine rings is 1. The highest BCUT2D eigenvalue weighted by atomic mass is 16.5. The Hall–Kier alpha value is -1.66. The second-order valence-corrected chi connectivity index (χ2v) is 7.29. The van der Waals surface area contributed by atoms with Crippen LogP contribution in [0.1, 0.15) is 31.4 Å². The minimum atomic E-state index is -0.560. The van der Waals surface area contributed by atoms with Crippen LogP contribution in [0.15, 0.2) is 18.3 Å². The Morgan fingerprint density at radius 1 is 1.20 bits per heavy atom. The molecule has 25 heavy (non-hydrogen) atoms. The lowest BCUT2D eigenvalue weighted by atomic mass is 9.95. The molecule has 2 aliphatic rings. The number of hydrogen-bond acceptors (Lipinski definition) is 5. The van der Waals surface area contributed by atoms with Crippen molar-refractivity contribution in [2.24, 2.45) is 5.92 Å². The molecule has 6 heteroatoms. The molecule has 6 nitrogen and oxygen atoms in total. The number of aliphatic hydroxyl groups excluding tert-OH is 1. The van der Waals surface area contributed by atoms with Crippen molar-refractivity contribution >= 4 is 5.91 Å². The molecule has 1 N–H and O–H groups in total. The third-order valence-electron chi connectivity index (χ3n) is 5.42. The SMILES string of the molecule is Cc1ncccc1O[C@H]1CCN(C(=O)C2CCN(C)CC2)CC[C@@H]1O. The number of amides is 1. The van der Waals surface area contributed by atoms with Gasteiger partial charge >= 0.3 is 0 Å². The number of hydrogen-bond donors (Lipinski definition) is 1. The Bertz CT molecular complexity index is 587. The Labute approximate surface area is 149 Å². The molecule has 1 aromatic heterocycles. The number of rotatable bonds is 3.